The highest BCUT2D eigenvalue weighted by Crippen LogP contribution is 2.31. The van der Waals surface area contributed by atoms with E-state index in [4.69, 9.17) is 10.5 Å². The minimum Gasteiger partial charge on any atom is -0.490 e. The molecule has 0 bridgehead atoms. The molecule has 0 saturated carbocycles. The molecular formula is C16H14FN5O3. The van der Waals surface area contributed by atoms with Gasteiger partial charge >= 0.3 is 5.69 Å². The fourth-order valence-corrected chi connectivity index (χ4v) is 2.34. The van der Waals surface area contributed by atoms with Crippen molar-refractivity contribution >= 4 is 5.69 Å². The van der Waals surface area contributed by atoms with Crippen LogP contribution in [0.1, 0.15) is 17.4 Å². The van der Waals surface area contributed by atoms with E-state index >= 15 is 0 Å². The average molecular weight is 343 g/mol. The molecule has 0 aliphatic rings. The standard InChI is InChI=1S/C16H14FN5O3/c1-25-13-7-4-10(8-12(13)22(23)24)15-19-16(21-20-15)14(18)9-2-5-11(17)6-3-9/h2-8,14H,18H2,1H3,(H,19,20,21)/t14-/m0/s1. The Morgan fingerprint density at radius 1 is 1.28 bits per heavy atom. The van der Waals surface area contributed by atoms with Crippen molar-refractivity contribution in [3.63, 3.8) is 0 Å². The number of methoxy groups -OCH3 is 1. The van der Waals surface area contributed by atoms with Crippen molar-refractivity contribution in [3.05, 3.63) is 69.8 Å². The Kier molecular flexibility index (Phi) is 4.40. The number of nitrogens with two attached hydrogens (primary N) is 1. The van der Waals surface area contributed by atoms with Crippen LogP contribution in [-0.2, 0) is 0 Å². The van der Waals surface area contributed by atoms with E-state index in [0.717, 1.165) is 0 Å². The van der Waals surface area contributed by atoms with Crippen LogP contribution in [0.25, 0.3) is 11.4 Å². The van der Waals surface area contributed by atoms with Gasteiger partial charge in [0.15, 0.2) is 11.6 Å². The Morgan fingerprint density at radius 2 is 2.00 bits per heavy atom. The molecule has 8 nitrogen and oxygen atoms in total. The van der Waals surface area contributed by atoms with Gasteiger partial charge in [0.1, 0.15) is 11.6 Å². The number of aromatic amines is 1. The Balaban J connectivity index is 1.92. The number of aromatic nitrogens is 3. The Labute approximate surface area is 141 Å². The maximum Gasteiger partial charge on any atom is 0.311 e. The molecule has 128 valence electrons. The number of hydrogen-bond donors (Lipinski definition) is 2. The highest BCUT2D eigenvalue weighted by atomic mass is 19.1. The molecule has 0 spiro atoms. The number of ether oxygens (including phenoxy) is 1. The van der Waals surface area contributed by atoms with Gasteiger partial charge in [-0.2, -0.15) is 5.10 Å². The summed E-state index contributed by atoms with van der Waals surface area (Å²) in [5.74, 6) is 0.408. The molecule has 1 heterocycles. The Bertz CT molecular complexity index is 910. The summed E-state index contributed by atoms with van der Waals surface area (Å²) < 4.78 is 18.0. The first-order chi connectivity index (χ1) is 12.0. The third-order valence-corrected chi connectivity index (χ3v) is 3.66. The number of halogens is 1. The minimum atomic E-state index is -0.630. The lowest BCUT2D eigenvalue weighted by Gasteiger charge is -2.08. The highest BCUT2D eigenvalue weighted by Gasteiger charge is 2.19. The monoisotopic (exact) mass is 343 g/mol. The highest BCUT2D eigenvalue weighted by molar-refractivity contribution is 5.63. The number of benzene rings is 2. The molecule has 0 radical (unpaired) electrons. The number of nitro benzene ring substituents is 1. The second-order valence-corrected chi connectivity index (χ2v) is 5.22. The summed E-state index contributed by atoms with van der Waals surface area (Å²) in [5, 5.41) is 17.9. The minimum absolute atomic E-state index is 0.146. The van der Waals surface area contributed by atoms with Crippen molar-refractivity contribution < 1.29 is 14.1 Å². The summed E-state index contributed by atoms with van der Waals surface area (Å²) in [6.07, 6.45) is 0. The van der Waals surface area contributed by atoms with Gasteiger partial charge in [-0.1, -0.05) is 12.1 Å². The fraction of sp³-hybridized carbons (Fsp3) is 0.125. The average Bonchev–Trinajstić information content (AvgIpc) is 3.11. The van der Waals surface area contributed by atoms with Gasteiger partial charge in [-0.3, -0.25) is 15.2 Å². The van der Waals surface area contributed by atoms with Crippen molar-refractivity contribution in [1.29, 1.82) is 0 Å². The van der Waals surface area contributed by atoms with Gasteiger partial charge < -0.3 is 10.5 Å². The van der Waals surface area contributed by atoms with E-state index in [-0.39, 0.29) is 23.1 Å². The lowest BCUT2D eigenvalue weighted by molar-refractivity contribution is -0.385. The summed E-state index contributed by atoms with van der Waals surface area (Å²) in [5.41, 5.74) is 7.01. The zero-order valence-electron chi connectivity index (χ0n) is 13.1. The van der Waals surface area contributed by atoms with Gasteiger partial charge in [0.05, 0.1) is 18.1 Å². The van der Waals surface area contributed by atoms with Crippen LogP contribution >= 0.6 is 0 Å². The quantitative estimate of drug-likeness (QED) is 0.542. The number of hydrogen-bond acceptors (Lipinski definition) is 6. The topological polar surface area (TPSA) is 120 Å². The van der Waals surface area contributed by atoms with E-state index in [1.54, 1.807) is 18.2 Å². The Morgan fingerprint density at radius 3 is 2.64 bits per heavy atom. The van der Waals surface area contributed by atoms with Crippen molar-refractivity contribution in [2.24, 2.45) is 5.73 Å². The first-order valence-corrected chi connectivity index (χ1v) is 7.25. The molecule has 25 heavy (non-hydrogen) atoms. The second kappa shape index (κ2) is 6.65. The van der Waals surface area contributed by atoms with Crippen LogP contribution in [-0.4, -0.2) is 27.2 Å². The van der Waals surface area contributed by atoms with E-state index in [2.05, 4.69) is 15.2 Å². The molecule has 3 aromatic rings. The van der Waals surface area contributed by atoms with E-state index in [0.29, 0.717) is 17.0 Å². The number of nitrogens with zero attached hydrogens (tertiary/aromatic N) is 3. The van der Waals surface area contributed by atoms with Crippen LogP contribution in [0, 0.1) is 15.9 Å². The lowest BCUT2D eigenvalue weighted by atomic mass is 10.1. The van der Waals surface area contributed by atoms with Crippen molar-refractivity contribution in [2.45, 2.75) is 6.04 Å². The van der Waals surface area contributed by atoms with Gasteiger partial charge in [0, 0.05) is 11.6 Å². The molecule has 0 aliphatic heterocycles. The van der Waals surface area contributed by atoms with Crippen LogP contribution in [0.4, 0.5) is 10.1 Å². The predicted octanol–water partition coefficient (Wildman–Crippen LogP) is 2.58. The van der Waals surface area contributed by atoms with Gasteiger partial charge in [0.2, 0.25) is 0 Å². The van der Waals surface area contributed by atoms with Gasteiger partial charge in [-0.15, -0.1) is 0 Å². The first kappa shape index (κ1) is 16.5. The number of nitrogens with one attached hydrogen (secondary N) is 1. The summed E-state index contributed by atoms with van der Waals surface area (Å²) in [6, 6.07) is 9.51. The largest absolute Gasteiger partial charge is 0.490 e. The molecule has 0 fully saturated rings. The normalized spacial score (nSPS) is 12.0. The molecule has 0 aliphatic carbocycles. The first-order valence-electron chi connectivity index (χ1n) is 7.25. The molecule has 0 saturated heterocycles. The van der Waals surface area contributed by atoms with Crippen LogP contribution in [0.5, 0.6) is 5.75 Å². The van der Waals surface area contributed by atoms with Crippen LogP contribution in [0.15, 0.2) is 42.5 Å². The number of H-pyrrole nitrogens is 1. The molecule has 1 aromatic heterocycles. The zero-order valence-corrected chi connectivity index (χ0v) is 13.1. The molecule has 3 N–H and O–H groups in total. The smallest absolute Gasteiger partial charge is 0.311 e. The summed E-state index contributed by atoms with van der Waals surface area (Å²) >= 11 is 0. The van der Waals surface area contributed by atoms with Gasteiger partial charge in [-0.25, -0.2) is 9.37 Å². The second-order valence-electron chi connectivity index (χ2n) is 5.22. The van der Waals surface area contributed by atoms with Crippen LogP contribution in [0.3, 0.4) is 0 Å². The van der Waals surface area contributed by atoms with E-state index in [9.17, 15) is 14.5 Å². The molecule has 3 rings (SSSR count). The molecule has 0 amide bonds. The third-order valence-electron chi connectivity index (χ3n) is 3.66. The maximum absolute atomic E-state index is 13.0. The molecule has 0 unspecified atom stereocenters. The molecular weight excluding hydrogens is 329 g/mol. The van der Waals surface area contributed by atoms with Crippen molar-refractivity contribution in [3.8, 4) is 17.1 Å². The van der Waals surface area contributed by atoms with E-state index < -0.39 is 11.0 Å². The third kappa shape index (κ3) is 3.31. The predicted molar refractivity (Wildman–Crippen MR) is 87.5 cm³/mol. The lowest BCUT2D eigenvalue weighted by Crippen LogP contribution is -2.13. The van der Waals surface area contributed by atoms with Gasteiger partial charge in [0.25, 0.3) is 0 Å². The fourth-order valence-electron chi connectivity index (χ4n) is 2.34. The van der Waals surface area contributed by atoms with Crippen LogP contribution < -0.4 is 10.5 Å². The van der Waals surface area contributed by atoms with Crippen molar-refractivity contribution in [1.82, 2.24) is 15.2 Å². The summed E-state index contributed by atoms with van der Waals surface area (Å²) in [7, 11) is 1.36. The van der Waals surface area contributed by atoms with E-state index in [1.807, 2.05) is 0 Å². The molecule has 9 heteroatoms. The number of nitro groups is 1. The Hall–Kier alpha value is -3.33. The summed E-state index contributed by atoms with van der Waals surface area (Å²) in [6.45, 7) is 0. The summed E-state index contributed by atoms with van der Waals surface area (Å²) in [4.78, 5) is 14.9. The molecule has 2 aromatic carbocycles. The van der Waals surface area contributed by atoms with E-state index in [1.165, 1.54) is 31.4 Å². The van der Waals surface area contributed by atoms with Gasteiger partial charge in [-0.05, 0) is 29.8 Å². The molecule has 1 atom stereocenters. The zero-order chi connectivity index (χ0) is 18.0. The number of rotatable bonds is 5. The SMILES string of the molecule is COc1ccc(-c2n[nH]c([C@@H](N)c3ccc(F)cc3)n2)cc1[N+](=O)[O-]. The van der Waals surface area contributed by atoms with Crippen LogP contribution in [0.2, 0.25) is 0 Å². The van der Waals surface area contributed by atoms with Crippen molar-refractivity contribution in [2.75, 3.05) is 7.11 Å². The maximum atomic E-state index is 13.0.